The highest BCUT2D eigenvalue weighted by Crippen LogP contribution is 2.24. The van der Waals surface area contributed by atoms with Gasteiger partial charge in [-0.15, -0.1) is 0 Å². The number of sulfonamides is 1. The van der Waals surface area contributed by atoms with Gasteiger partial charge in [0.1, 0.15) is 17.5 Å². The van der Waals surface area contributed by atoms with Crippen molar-refractivity contribution in [3.05, 3.63) is 54.1 Å². The smallest absolute Gasteiger partial charge is 0.243 e. The number of anilines is 1. The molecule has 0 saturated heterocycles. The van der Waals surface area contributed by atoms with Crippen LogP contribution in [-0.2, 0) is 21.4 Å². The van der Waals surface area contributed by atoms with E-state index in [1.165, 1.54) is 7.11 Å². The summed E-state index contributed by atoms with van der Waals surface area (Å²) in [5.74, 6) is 0.921. The van der Waals surface area contributed by atoms with E-state index in [1.54, 1.807) is 31.2 Å². The normalized spacial score (nSPS) is 12.1. The van der Waals surface area contributed by atoms with Crippen molar-refractivity contribution in [3.8, 4) is 11.5 Å². The average Bonchev–Trinajstić information content (AvgIpc) is 2.66. The third kappa shape index (κ3) is 5.63. The molecule has 28 heavy (non-hydrogen) atoms. The van der Waals surface area contributed by atoms with Crippen LogP contribution in [-0.4, -0.2) is 40.3 Å². The largest absolute Gasteiger partial charge is 0.497 e. The lowest BCUT2D eigenvalue weighted by Gasteiger charge is -2.28. The first-order valence-corrected chi connectivity index (χ1v) is 10.7. The van der Waals surface area contributed by atoms with Gasteiger partial charge in [-0.25, -0.2) is 8.42 Å². The lowest BCUT2D eigenvalue weighted by Crippen LogP contribution is -2.47. The summed E-state index contributed by atoms with van der Waals surface area (Å²) >= 11 is 0. The van der Waals surface area contributed by atoms with Gasteiger partial charge in [0.15, 0.2) is 0 Å². The number of benzene rings is 2. The van der Waals surface area contributed by atoms with Gasteiger partial charge in [-0.2, -0.15) is 0 Å². The zero-order valence-electron chi connectivity index (χ0n) is 16.5. The summed E-state index contributed by atoms with van der Waals surface area (Å²) in [6, 6.07) is 13.0. The molecule has 152 valence electrons. The lowest BCUT2D eigenvalue weighted by molar-refractivity contribution is -0.122. The number of nitrogens with zero attached hydrogens (tertiary/aromatic N) is 1. The molecule has 0 aliphatic heterocycles. The Labute approximate surface area is 166 Å². The molecule has 0 saturated carbocycles. The van der Waals surface area contributed by atoms with Crippen LogP contribution in [0.25, 0.3) is 0 Å². The molecule has 0 aliphatic carbocycles. The molecule has 1 N–H and O–H groups in total. The van der Waals surface area contributed by atoms with Crippen LogP contribution in [0.3, 0.4) is 0 Å². The Morgan fingerprint density at radius 1 is 1.14 bits per heavy atom. The molecular weight excluding hydrogens is 380 g/mol. The Balaban J connectivity index is 2.14. The average molecular weight is 407 g/mol. The van der Waals surface area contributed by atoms with Crippen molar-refractivity contribution in [1.82, 2.24) is 5.32 Å². The number of methoxy groups -OCH3 is 1. The predicted molar refractivity (Wildman–Crippen MR) is 109 cm³/mol. The zero-order valence-corrected chi connectivity index (χ0v) is 17.3. The van der Waals surface area contributed by atoms with E-state index >= 15 is 0 Å². The Kier molecular flexibility index (Phi) is 7.28. The van der Waals surface area contributed by atoms with Crippen LogP contribution >= 0.6 is 0 Å². The number of ether oxygens (including phenoxy) is 2. The van der Waals surface area contributed by atoms with Crippen molar-refractivity contribution in [1.29, 1.82) is 0 Å². The molecular formula is C20H26N2O5S. The second-order valence-corrected chi connectivity index (χ2v) is 8.09. The second-order valence-electron chi connectivity index (χ2n) is 6.23. The Morgan fingerprint density at radius 3 is 2.39 bits per heavy atom. The fraction of sp³-hybridized carbons (Fsp3) is 0.350. The fourth-order valence-corrected chi connectivity index (χ4v) is 3.96. The molecule has 0 aromatic heterocycles. The van der Waals surface area contributed by atoms with E-state index in [4.69, 9.17) is 9.47 Å². The van der Waals surface area contributed by atoms with Gasteiger partial charge in [-0.1, -0.05) is 12.1 Å². The highest BCUT2D eigenvalue weighted by Gasteiger charge is 2.29. The molecule has 7 nitrogen and oxygen atoms in total. The first kappa shape index (κ1) is 21.6. The maximum Gasteiger partial charge on any atom is 0.243 e. The molecule has 2 aromatic rings. The number of rotatable bonds is 9. The van der Waals surface area contributed by atoms with Crippen LogP contribution in [0.2, 0.25) is 0 Å². The topological polar surface area (TPSA) is 84.9 Å². The summed E-state index contributed by atoms with van der Waals surface area (Å²) in [6.45, 7) is 4.27. The first-order valence-electron chi connectivity index (χ1n) is 8.89. The number of amides is 1. The quantitative estimate of drug-likeness (QED) is 0.692. The highest BCUT2D eigenvalue weighted by molar-refractivity contribution is 7.92. The molecule has 1 amide bonds. The van der Waals surface area contributed by atoms with Crippen LogP contribution in [0, 0.1) is 0 Å². The maximum absolute atomic E-state index is 12.6. The monoisotopic (exact) mass is 406 g/mol. The van der Waals surface area contributed by atoms with Crippen molar-refractivity contribution >= 4 is 21.6 Å². The molecule has 0 radical (unpaired) electrons. The maximum atomic E-state index is 12.6. The third-order valence-electron chi connectivity index (χ3n) is 4.09. The highest BCUT2D eigenvalue weighted by atomic mass is 32.2. The van der Waals surface area contributed by atoms with Gasteiger partial charge in [-0.3, -0.25) is 9.10 Å². The summed E-state index contributed by atoms with van der Waals surface area (Å²) in [4.78, 5) is 12.6. The summed E-state index contributed by atoms with van der Waals surface area (Å²) in [5.41, 5.74) is 1.26. The van der Waals surface area contributed by atoms with E-state index < -0.39 is 22.0 Å². The molecule has 0 fully saturated rings. The number of hydrogen-bond acceptors (Lipinski definition) is 5. The van der Waals surface area contributed by atoms with Gasteiger partial charge >= 0.3 is 0 Å². The third-order valence-corrected chi connectivity index (χ3v) is 5.33. The SMILES string of the molecule is CCOc1cccc(CNC(=O)[C@@H](C)N(c2ccc(OC)cc2)S(C)(=O)=O)c1. The molecule has 2 aromatic carbocycles. The summed E-state index contributed by atoms with van der Waals surface area (Å²) < 4.78 is 36.3. The van der Waals surface area contributed by atoms with E-state index in [0.29, 0.717) is 18.0 Å². The van der Waals surface area contributed by atoms with Gasteiger partial charge in [0.2, 0.25) is 15.9 Å². The van der Waals surface area contributed by atoms with Crippen LogP contribution in [0.1, 0.15) is 19.4 Å². The van der Waals surface area contributed by atoms with Gasteiger partial charge < -0.3 is 14.8 Å². The first-order chi connectivity index (χ1) is 13.3. The van der Waals surface area contributed by atoms with E-state index in [2.05, 4.69) is 5.32 Å². The predicted octanol–water partition coefficient (Wildman–Crippen LogP) is 2.56. The van der Waals surface area contributed by atoms with E-state index in [0.717, 1.165) is 21.9 Å². The van der Waals surface area contributed by atoms with Gasteiger partial charge in [-0.05, 0) is 55.8 Å². The summed E-state index contributed by atoms with van der Waals surface area (Å²) in [6.07, 6.45) is 1.08. The molecule has 1 atom stereocenters. The minimum absolute atomic E-state index is 0.268. The van der Waals surface area contributed by atoms with Crippen molar-refractivity contribution in [2.75, 3.05) is 24.3 Å². The van der Waals surface area contributed by atoms with E-state index in [1.807, 2.05) is 31.2 Å². The van der Waals surface area contributed by atoms with Gasteiger partial charge in [0, 0.05) is 6.54 Å². The van der Waals surface area contributed by atoms with Crippen LogP contribution in [0.15, 0.2) is 48.5 Å². The van der Waals surface area contributed by atoms with Crippen LogP contribution in [0.4, 0.5) is 5.69 Å². The molecule has 0 bridgehead atoms. The Hall–Kier alpha value is -2.74. The number of carbonyl (C=O) groups is 1. The summed E-state index contributed by atoms with van der Waals surface area (Å²) in [7, 11) is -2.14. The van der Waals surface area contributed by atoms with Crippen molar-refractivity contribution in [2.24, 2.45) is 0 Å². The van der Waals surface area contributed by atoms with Crippen LogP contribution < -0.4 is 19.1 Å². The molecule has 0 unspecified atom stereocenters. The molecule has 0 aliphatic rings. The minimum atomic E-state index is -3.67. The standard InChI is InChI=1S/C20H26N2O5S/c1-5-27-19-8-6-7-16(13-19)14-21-20(23)15(2)22(28(4,24)25)17-9-11-18(26-3)12-10-17/h6-13,15H,5,14H2,1-4H3,(H,21,23)/t15-/m1/s1. The second kappa shape index (κ2) is 9.45. The molecule has 8 heteroatoms. The summed E-state index contributed by atoms with van der Waals surface area (Å²) in [5, 5.41) is 2.79. The number of hydrogen-bond donors (Lipinski definition) is 1. The lowest BCUT2D eigenvalue weighted by atomic mass is 10.2. The van der Waals surface area contributed by atoms with Crippen molar-refractivity contribution in [3.63, 3.8) is 0 Å². The molecule has 0 heterocycles. The van der Waals surface area contributed by atoms with E-state index in [-0.39, 0.29) is 6.54 Å². The van der Waals surface area contributed by atoms with E-state index in [9.17, 15) is 13.2 Å². The Bertz CT molecular complexity index is 897. The van der Waals surface area contributed by atoms with Crippen molar-refractivity contribution in [2.45, 2.75) is 26.4 Å². The minimum Gasteiger partial charge on any atom is -0.497 e. The Morgan fingerprint density at radius 2 is 1.82 bits per heavy atom. The van der Waals surface area contributed by atoms with Crippen molar-refractivity contribution < 1.29 is 22.7 Å². The number of nitrogens with one attached hydrogen (secondary N) is 1. The van der Waals surface area contributed by atoms with Gasteiger partial charge in [0.25, 0.3) is 0 Å². The number of carbonyl (C=O) groups excluding carboxylic acids is 1. The van der Waals surface area contributed by atoms with Gasteiger partial charge in [0.05, 0.1) is 25.7 Å². The molecule has 0 spiro atoms. The fourth-order valence-electron chi connectivity index (χ4n) is 2.79. The zero-order chi connectivity index (χ0) is 20.7. The molecule has 2 rings (SSSR count). The van der Waals surface area contributed by atoms with Crippen LogP contribution in [0.5, 0.6) is 11.5 Å².